The van der Waals surface area contributed by atoms with Crippen molar-refractivity contribution in [2.24, 2.45) is 0 Å². The molecule has 0 saturated carbocycles. The molecule has 3 N–H and O–H groups in total. The Kier molecular flexibility index (Phi) is 2.71. The van der Waals surface area contributed by atoms with Gasteiger partial charge in [-0.25, -0.2) is 4.98 Å². The second-order valence-electron chi connectivity index (χ2n) is 3.66. The number of nitriles is 1. The predicted molar refractivity (Wildman–Crippen MR) is 64.4 cm³/mol. The molecule has 2 aromatic rings. The van der Waals surface area contributed by atoms with Crippen molar-refractivity contribution in [3.8, 4) is 23.2 Å². The number of anilines is 1. The molecule has 0 aliphatic carbocycles. The highest BCUT2D eigenvalue weighted by atomic mass is 16.5. The highest BCUT2D eigenvalue weighted by molar-refractivity contribution is 5.68. The second kappa shape index (κ2) is 4.18. The molecule has 0 fully saturated rings. The lowest BCUT2D eigenvalue weighted by Crippen LogP contribution is -1.90. The quantitative estimate of drug-likeness (QED) is 0.821. The summed E-state index contributed by atoms with van der Waals surface area (Å²) in [5.41, 5.74) is 7.75. The van der Waals surface area contributed by atoms with Gasteiger partial charge in [0.1, 0.15) is 17.6 Å². The van der Waals surface area contributed by atoms with Crippen molar-refractivity contribution >= 4 is 5.82 Å². The molecule has 0 atom stereocenters. The molecule has 0 aliphatic heterocycles. The number of imidazole rings is 1. The average Bonchev–Trinajstić information content (AvgIpc) is 2.70. The molecule has 1 heterocycles. The maximum absolute atomic E-state index is 8.83. The van der Waals surface area contributed by atoms with Crippen LogP contribution in [0, 0.1) is 18.3 Å². The number of aryl methyl sites for hydroxylation is 1. The zero-order valence-electron chi connectivity index (χ0n) is 9.61. The third-order valence-corrected chi connectivity index (χ3v) is 2.45. The van der Waals surface area contributed by atoms with Crippen LogP contribution in [0.1, 0.15) is 11.3 Å². The number of nitrogen functional groups attached to an aromatic ring is 1. The number of aromatic amines is 1. The average molecular weight is 228 g/mol. The summed E-state index contributed by atoms with van der Waals surface area (Å²) in [6.07, 6.45) is 0. The summed E-state index contributed by atoms with van der Waals surface area (Å²) in [5.74, 6) is 1.43. The van der Waals surface area contributed by atoms with Crippen molar-refractivity contribution in [1.29, 1.82) is 5.26 Å². The number of nitrogens with one attached hydrogen (secondary N) is 1. The lowest BCUT2D eigenvalue weighted by molar-refractivity contribution is 0.416. The van der Waals surface area contributed by atoms with E-state index in [1.165, 1.54) is 0 Å². The Morgan fingerprint density at radius 3 is 2.82 bits per heavy atom. The number of ether oxygens (including phenoxy) is 1. The van der Waals surface area contributed by atoms with Gasteiger partial charge in [0.15, 0.2) is 11.5 Å². The Balaban J connectivity index is 2.59. The van der Waals surface area contributed by atoms with Gasteiger partial charge in [-0.15, -0.1) is 0 Å². The van der Waals surface area contributed by atoms with Crippen LogP contribution in [0.4, 0.5) is 5.82 Å². The third kappa shape index (κ3) is 1.93. The van der Waals surface area contributed by atoms with Gasteiger partial charge in [0.05, 0.1) is 12.7 Å². The summed E-state index contributed by atoms with van der Waals surface area (Å²) >= 11 is 0. The minimum Gasteiger partial charge on any atom is -0.496 e. The van der Waals surface area contributed by atoms with E-state index in [1.54, 1.807) is 7.11 Å². The van der Waals surface area contributed by atoms with Crippen LogP contribution in [0.25, 0.3) is 11.4 Å². The van der Waals surface area contributed by atoms with Gasteiger partial charge in [0.25, 0.3) is 0 Å². The van der Waals surface area contributed by atoms with Gasteiger partial charge in [-0.1, -0.05) is 11.6 Å². The van der Waals surface area contributed by atoms with Crippen molar-refractivity contribution in [3.63, 3.8) is 0 Å². The lowest BCUT2D eigenvalue weighted by atomic mass is 10.1. The van der Waals surface area contributed by atoms with Crippen LogP contribution in [0.2, 0.25) is 0 Å². The van der Waals surface area contributed by atoms with Crippen LogP contribution < -0.4 is 10.5 Å². The normalized spacial score (nSPS) is 9.94. The van der Waals surface area contributed by atoms with Crippen LogP contribution >= 0.6 is 0 Å². The van der Waals surface area contributed by atoms with Crippen molar-refractivity contribution in [3.05, 3.63) is 29.5 Å². The molecule has 17 heavy (non-hydrogen) atoms. The molecule has 1 aromatic carbocycles. The van der Waals surface area contributed by atoms with Gasteiger partial charge in [0.2, 0.25) is 0 Å². The number of hydrogen-bond donors (Lipinski definition) is 2. The first-order valence-corrected chi connectivity index (χ1v) is 5.06. The van der Waals surface area contributed by atoms with Gasteiger partial charge in [-0.2, -0.15) is 5.26 Å². The molecule has 0 radical (unpaired) electrons. The fourth-order valence-electron chi connectivity index (χ4n) is 1.61. The van der Waals surface area contributed by atoms with E-state index in [0.29, 0.717) is 11.6 Å². The highest BCUT2D eigenvalue weighted by Crippen LogP contribution is 2.29. The molecule has 0 amide bonds. The molecule has 2 rings (SSSR count). The minimum absolute atomic E-state index is 0.200. The van der Waals surface area contributed by atoms with Gasteiger partial charge in [-0.3, -0.25) is 0 Å². The monoisotopic (exact) mass is 228 g/mol. The first kappa shape index (κ1) is 11.0. The van der Waals surface area contributed by atoms with E-state index >= 15 is 0 Å². The number of nitrogens with zero attached hydrogens (tertiary/aromatic N) is 2. The second-order valence-corrected chi connectivity index (χ2v) is 3.66. The Morgan fingerprint density at radius 2 is 2.24 bits per heavy atom. The van der Waals surface area contributed by atoms with Crippen LogP contribution in [0.5, 0.6) is 5.75 Å². The van der Waals surface area contributed by atoms with Gasteiger partial charge < -0.3 is 15.5 Å². The molecule has 5 heteroatoms. The number of nitrogens with two attached hydrogens (primary N) is 1. The van der Waals surface area contributed by atoms with E-state index in [9.17, 15) is 0 Å². The smallest absolute Gasteiger partial charge is 0.161 e. The fraction of sp³-hybridized carbons (Fsp3) is 0.167. The molecule has 0 aliphatic rings. The standard InChI is InChI=1S/C12H12N4O/c1-7-3-4-10(17-2)8(5-7)12-15-9(6-13)11(14)16-12/h3-5H,14H2,1-2H3,(H,15,16). The number of rotatable bonds is 2. The van der Waals surface area contributed by atoms with E-state index in [1.807, 2.05) is 31.2 Å². The largest absolute Gasteiger partial charge is 0.496 e. The molecule has 0 saturated heterocycles. The fourth-order valence-corrected chi connectivity index (χ4v) is 1.61. The van der Waals surface area contributed by atoms with E-state index < -0.39 is 0 Å². The maximum Gasteiger partial charge on any atom is 0.161 e. The minimum atomic E-state index is 0.200. The summed E-state index contributed by atoms with van der Waals surface area (Å²) in [6.45, 7) is 1.97. The molecule has 1 aromatic heterocycles. The van der Waals surface area contributed by atoms with Crippen LogP contribution in [0.3, 0.4) is 0 Å². The molecular formula is C12H12N4O. The number of benzene rings is 1. The first-order valence-electron chi connectivity index (χ1n) is 5.06. The van der Waals surface area contributed by atoms with Gasteiger partial charge >= 0.3 is 0 Å². The number of H-pyrrole nitrogens is 1. The van der Waals surface area contributed by atoms with E-state index in [2.05, 4.69) is 9.97 Å². The summed E-state index contributed by atoms with van der Waals surface area (Å²) in [6, 6.07) is 7.68. The van der Waals surface area contributed by atoms with Crippen molar-refractivity contribution in [2.45, 2.75) is 6.92 Å². The van der Waals surface area contributed by atoms with Crippen molar-refractivity contribution in [1.82, 2.24) is 9.97 Å². The van der Waals surface area contributed by atoms with Crippen LogP contribution in [-0.4, -0.2) is 17.1 Å². The summed E-state index contributed by atoms with van der Waals surface area (Å²) < 4.78 is 5.25. The Hall–Kier alpha value is -2.48. The number of hydrogen-bond acceptors (Lipinski definition) is 4. The zero-order valence-corrected chi connectivity index (χ0v) is 9.61. The SMILES string of the molecule is COc1ccc(C)cc1-c1nc(N)c(C#N)[nH]1. The summed E-state index contributed by atoms with van der Waals surface area (Å²) in [4.78, 5) is 6.99. The number of aromatic nitrogens is 2. The topological polar surface area (TPSA) is 87.7 Å². The first-order chi connectivity index (χ1) is 8.15. The van der Waals surface area contributed by atoms with E-state index in [-0.39, 0.29) is 11.5 Å². The van der Waals surface area contributed by atoms with Crippen molar-refractivity contribution in [2.75, 3.05) is 12.8 Å². The molecule has 0 unspecified atom stereocenters. The van der Waals surface area contributed by atoms with Crippen LogP contribution in [0.15, 0.2) is 18.2 Å². The summed E-state index contributed by atoms with van der Waals surface area (Å²) in [5, 5.41) is 8.83. The van der Waals surface area contributed by atoms with Crippen molar-refractivity contribution < 1.29 is 4.74 Å². The Labute approximate surface area is 98.9 Å². The van der Waals surface area contributed by atoms with E-state index in [4.69, 9.17) is 15.7 Å². The number of methoxy groups -OCH3 is 1. The predicted octanol–water partition coefficient (Wildman–Crippen LogP) is 1.85. The van der Waals surface area contributed by atoms with Gasteiger partial charge in [-0.05, 0) is 19.1 Å². The van der Waals surface area contributed by atoms with Gasteiger partial charge in [0, 0.05) is 0 Å². The zero-order chi connectivity index (χ0) is 12.4. The molecular weight excluding hydrogens is 216 g/mol. The molecule has 0 spiro atoms. The Morgan fingerprint density at radius 1 is 1.47 bits per heavy atom. The molecule has 86 valence electrons. The summed E-state index contributed by atoms with van der Waals surface area (Å²) in [7, 11) is 1.59. The third-order valence-electron chi connectivity index (χ3n) is 2.45. The Bertz CT molecular complexity index is 595. The molecule has 0 bridgehead atoms. The molecule has 5 nitrogen and oxygen atoms in total. The van der Waals surface area contributed by atoms with Crippen LogP contribution in [-0.2, 0) is 0 Å². The highest BCUT2D eigenvalue weighted by Gasteiger charge is 2.12. The maximum atomic E-state index is 8.83. The lowest BCUT2D eigenvalue weighted by Gasteiger charge is -2.06. The van der Waals surface area contributed by atoms with E-state index in [0.717, 1.165) is 11.1 Å².